The van der Waals surface area contributed by atoms with Gasteiger partial charge >= 0.3 is 0 Å². The molecule has 4 aromatic rings. The molecule has 27 heavy (non-hydrogen) atoms. The Morgan fingerprint density at radius 2 is 2.15 bits per heavy atom. The van der Waals surface area contributed by atoms with Crippen molar-refractivity contribution < 1.29 is 5.11 Å². The lowest BCUT2D eigenvalue weighted by Gasteiger charge is -2.33. The van der Waals surface area contributed by atoms with Gasteiger partial charge in [0.2, 0.25) is 5.95 Å². The number of nitrogens with one attached hydrogen (secondary N) is 2. The lowest BCUT2D eigenvalue weighted by molar-refractivity contribution is 0.0196. The highest BCUT2D eigenvalue weighted by molar-refractivity contribution is 5.93. The summed E-state index contributed by atoms with van der Waals surface area (Å²) >= 11 is 0. The number of aromatic nitrogens is 6. The van der Waals surface area contributed by atoms with Gasteiger partial charge in [-0.15, -0.1) is 0 Å². The minimum atomic E-state index is -0.539. The zero-order valence-electron chi connectivity index (χ0n) is 15.1. The lowest BCUT2D eigenvalue weighted by Crippen LogP contribution is -2.36. The normalized spacial score (nSPS) is 23.1. The first kappa shape index (κ1) is 16.2. The fourth-order valence-electron chi connectivity index (χ4n) is 3.77. The largest absolute Gasteiger partial charge is 0.390 e. The van der Waals surface area contributed by atoms with Crippen LogP contribution in [0, 0.1) is 0 Å². The third-order valence-electron chi connectivity index (χ3n) is 5.42. The van der Waals surface area contributed by atoms with Crippen LogP contribution < -0.4 is 5.32 Å². The number of anilines is 1. The second kappa shape index (κ2) is 6.02. The zero-order valence-corrected chi connectivity index (χ0v) is 15.1. The molecule has 0 aromatic carbocycles. The zero-order chi connectivity index (χ0) is 18.4. The molecule has 138 valence electrons. The molecule has 0 saturated heterocycles. The highest BCUT2D eigenvalue weighted by Crippen LogP contribution is 2.30. The molecule has 1 aliphatic rings. The van der Waals surface area contributed by atoms with Crippen LogP contribution in [0.15, 0.2) is 37.1 Å². The van der Waals surface area contributed by atoms with E-state index in [4.69, 9.17) is 0 Å². The van der Waals surface area contributed by atoms with Gasteiger partial charge in [0.25, 0.3) is 0 Å². The van der Waals surface area contributed by atoms with Crippen LogP contribution >= 0.6 is 0 Å². The van der Waals surface area contributed by atoms with Crippen molar-refractivity contribution in [2.24, 2.45) is 0 Å². The summed E-state index contributed by atoms with van der Waals surface area (Å²) in [4.78, 5) is 16.6. The molecule has 0 bridgehead atoms. The van der Waals surface area contributed by atoms with E-state index in [1.165, 1.54) is 0 Å². The highest BCUT2D eigenvalue weighted by Gasteiger charge is 2.28. The lowest BCUT2D eigenvalue weighted by atomic mass is 9.84. The molecular formula is C19H21N7O. The summed E-state index contributed by atoms with van der Waals surface area (Å²) in [6.45, 7) is 1.91. The van der Waals surface area contributed by atoms with Gasteiger partial charge < -0.3 is 15.4 Å². The van der Waals surface area contributed by atoms with Crippen molar-refractivity contribution in [1.29, 1.82) is 0 Å². The van der Waals surface area contributed by atoms with Crippen LogP contribution in [0.3, 0.4) is 0 Å². The molecule has 1 fully saturated rings. The van der Waals surface area contributed by atoms with Crippen LogP contribution in [0.5, 0.6) is 0 Å². The Morgan fingerprint density at radius 3 is 3.00 bits per heavy atom. The second-order valence-electron chi connectivity index (χ2n) is 7.55. The van der Waals surface area contributed by atoms with Crippen molar-refractivity contribution in [2.75, 3.05) is 5.32 Å². The molecule has 1 saturated carbocycles. The average Bonchev–Trinajstić information content (AvgIpc) is 3.29. The smallest absolute Gasteiger partial charge is 0.224 e. The van der Waals surface area contributed by atoms with Crippen LogP contribution in [0.2, 0.25) is 0 Å². The number of aromatic amines is 1. The molecule has 0 unspecified atom stereocenters. The van der Waals surface area contributed by atoms with Crippen molar-refractivity contribution in [2.45, 2.75) is 44.2 Å². The van der Waals surface area contributed by atoms with Crippen molar-refractivity contribution in [3.63, 3.8) is 0 Å². The quantitative estimate of drug-likeness (QED) is 0.517. The summed E-state index contributed by atoms with van der Waals surface area (Å²) < 4.78 is 1.73. The molecule has 0 amide bonds. The summed E-state index contributed by atoms with van der Waals surface area (Å²) in [5.74, 6) is 0.621. The van der Waals surface area contributed by atoms with Gasteiger partial charge in [-0.2, -0.15) is 10.1 Å². The second-order valence-corrected chi connectivity index (χ2v) is 7.55. The summed E-state index contributed by atoms with van der Waals surface area (Å²) in [5, 5.41) is 18.6. The number of hydrogen-bond acceptors (Lipinski definition) is 6. The number of hydrogen-bond donors (Lipinski definition) is 3. The Labute approximate surface area is 155 Å². The Morgan fingerprint density at radius 1 is 1.30 bits per heavy atom. The van der Waals surface area contributed by atoms with Crippen molar-refractivity contribution in [3.8, 4) is 11.1 Å². The van der Waals surface area contributed by atoms with E-state index >= 15 is 0 Å². The van der Waals surface area contributed by atoms with E-state index in [1.54, 1.807) is 10.8 Å². The summed E-state index contributed by atoms with van der Waals surface area (Å²) in [6.07, 6.45) is 10.7. The molecule has 8 heteroatoms. The monoisotopic (exact) mass is 363 g/mol. The Kier molecular flexibility index (Phi) is 3.61. The molecule has 4 heterocycles. The van der Waals surface area contributed by atoms with Crippen LogP contribution in [-0.2, 0) is 0 Å². The number of H-pyrrole nitrogens is 1. The van der Waals surface area contributed by atoms with Crippen LogP contribution in [0.4, 0.5) is 5.95 Å². The summed E-state index contributed by atoms with van der Waals surface area (Å²) in [6, 6.07) is 4.30. The number of fused-ring (bicyclic) bond motifs is 2. The van der Waals surface area contributed by atoms with E-state index < -0.39 is 5.60 Å². The Bertz CT molecular complexity index is 1100. The minimum Gasteiger partial charge on any atom is -0.390 e. The fraction of sp³-hybridized carbons (Fsp3) is 0.368. The van der Waals surface area contributed by atoms with E-state index in [0.717, 1.165) is 53.5 Å². The van der Waals surface area contributed by atoms with Gasteiger partial charge in [0, 0.05) is 35.6 Å². The van der Waals surface area contributed by atoms with Crippen molar-refractivity contribution in [1.82, 2.24) is 29.5 Å². The van der Waals surface area contributed by atoms with Gasteiger partial charge in [-0.1, -0.05) is 0 Å². The summed E-state index contributed by atoms with van der Waals surface area (Å²) in [5.41, 5.74) is 3.14. The third-order valence-corrected chi connectivity index (χ3v) is 5.42. The van der Waals surface area contributed by atoms with Gasteiger partial charge in [-0.25, -0.2) is 14.5 Å². The maximum Gasteiger partial charge on any atom is 0.224 e. The summed E-state index contributed by atoms with van der Waals surface area (Å²) in [7, 11) is 0. The molecule has 0 atom stereocenters. The number of nitrogens with zero attached hydrogens (tertiary/aromatic N) is 5. The molecule has 3 N–H and O–H groups in total. The number of aliphatic hydroxyl groups is 1. The van der Waals surface area contributed by atoms with E-state index in [2.05, 4.69) is 30.4 Å². The van der Waals surface area contributed by atoms with Crippen LogP contribution in [0.25, 0.3) is 27.8 Å². The maximum atomic E-state index is 10.1. The molecule has 5 rings (SSSR count). The predicted octanol–water partition coefficient (Wildman–Crippen LogP) is 2.77. The standard InChI is InChI=1S/C19H21N7O/c1-19(27)5-2-13(3-6-19)24-18-21-10-15-14(9-20-17(15)25-18)12-4-7-26-16(8-12)22-11-23-26/h4,7-11,13,27H,2-3,5-6H2,1H3,(H2,20,21,24,25)/t13-,19-. The molecule has 4 aromatic heterocycles. The fourth-order valence-corrected chi connectivity index (χ4v) is 3.77. The molecule has 8 nitrogen and oxygen atoms in total. The number of rotatable bonds is 3. The van der Waals surface area contributed by atoms with Gasteiger partial charge in [-0.05, 0) is 50.3 Å². The molecular weight excluding hydrogens is 342 g/mol. The van der Waals surface area contributed by atoms with E-state index in [0.29, 0.717) is 12.0 Å². The first-order valence-corrected chi connectivity index (χ1v) is 9.20. The van der Waals surface area contributed by atoms with Crippen LogP contribution in [0.1, 0.15) is 32.6 Å². The van der Waals surface area contributed by atoms with E-state index in [1.807, 2.05) is 37.6 Å². The maximum absolute atomic E-state index is 10.1. The minimum absolute atomic E-state index is 0.299. The molecule has 0 spiro atoms. The van der Waals surface area contributed by atoms with Crippen molar-refractivity contribution in [3.05, 3.63) is 37.1 Å². The van der Waals surface area contributed by atoms with Crippen LogP contribution in [-0.4, -0.2) is 46.3 Å². The third kappa shape index (κ3) is 3.02. The highest BCUT2D eigenvalue weighted by atomic mass is 16.3. The van der Waals surface area contributed by atoms with Gasteiger partial charge in [0.1, 0.15) is 12.0 Å². The molecule has 0 aliphatic heterocycles. The van der Waals surface area contributed by atoms with E-state index in [9.17, 15) is 5.11 Å². The molecule has 1 aliphatic carbocycles. The first-order chi connectivity index (χ1) is 13.1. The van der Waals surface area contributed by atoms with Gasteiger partial charge in [0.15, 0.2) is 5.65 Å². The molecule has 0 radical (unpaired) electrons. The Hall–Kier alpha value is -3.00. The SMILES string of the molecule is C[C@]1(O)CC[C@H](Nc2ncc3c(-c4ccn5ncnc5c4)c[nH]c3n2)CC1. The van der Waals surface area contributed by atoms with Crippen molar-refractivity contribution >= 4 is 22.6 Å². The topological polar surface area (TPSA) is 104 Å². The van der Waals surface area contributed by atoms with E-state index in [-0.39, 0.29) is 0 Å². The van der Waals surface area contributed by atoms with Gasteiger partial charge in [-0.3, -0.25) is 0 Å². The number of pyridine rings is 1. The Balaban J connectivity index is 1.41. The predicted molar refractivity (Wildman–Crippen MR) is 102 cm³/mol. The first-order valence-electron chi connectivity index (χ1n) is 9.20. The van der Waals surface area contributed by atoms with Gasteiger partial charge in [0.05, 0.1) is 5.60 Å². The average molecular weight is 363 g/mol.